The largest absolute Gasteiger partial charge is 0.481 e. The lowest BCUT2D eigenvalue weighted by Gasteiger charge is -2.41. The number of carboxylic acid groups (broad SMARTS) is 1. The molecule has 1 aromatic carbocycles. The molecule has 0 aromatic heterocycles. The van der Waals surface area contributed by atoms with E-state index in [0.717, 1.165) is 25.7 Å². The van der Waals surface area contributed by atoms with E-state index >= 15 is 0 Å². The van der Waals surface area contributed by atoms with Crippen LogP contribution in [0.25, 0.3) is 0 Å². The molecule has 3 fully saturated rings. The van der Waals surface area contributed by atoms with Crippen molar-refractivity contribution in [3.8, 4) is 0 Å². The van der Waals surface area contributed by atoms with Gasteiger partial charge in [0.1, 0.15) is 5.54 Å². The predicted molar refractivity (Wildman–Crippen MR) is 99.1 cm³/mol. The second kappa shape index (κ2) is 6.36. The summed E-state index contributed by atoms with van der Waals surface area (Å²) in [5, 5.41) is 9.24. The zero-order valence-corrected chi connectivity index (χ0v) is 15.7. The number of piperidine rings is 1. The summed E-state index contributed by atoms with van der Waals surface area (Å²) >= 11 is 0. The van der Waals surface area contributed by atoms with Crippen molar-refractivity contribution >= 4 is 17.8 Å². The third-order valence-corrected chi connectivity index (χ3v) is 6.90. The first kappa shape index (κ1) is 18.0. The molecule has 1 saturated carbocycles. The highest BCUT2D eigenvalue weighted by molar-refractivity contribution is 5.99. The predicted octanol–water partition coefficient (Wildman–Crippen LogP) is 2.39. The van der Waals surface area contributed by atoms with E-state index in [4.69, 9.17) is 0 Å². The highest BCUT2D eigenvalue weighted by Gasteiger charge is 2.60. The van der Waals surface area contributed by atoms with Crippen molar-refractivity contribution in [1.82, 2.24) is 9.80 Å². The SMILES string of the molecule is CC1(C(=O)N2CCC3(CC2)CC3C(=O)O)CCCN1C(=O)c1ccccc1. The summed E-state index contributed by atoms with van der Waals surface area (Å²) in [6.07, 6.45) is 3.72. The van der Waals surface area contributed by atoms with Gasteiger partial charge in [-0.05, 0) is 56.6 Å². The van der Waals surface area contributed by atoms with Gasteiger partial charge in [-0.3, -0.25) is 14.4 Å². The number of carboxylic acids is 1. The highest BCUT2D eigenvalue weighted by Crippen LogP contribution is 2.59. The first-order chi connectivity index (χ1) is 12.9. The summed E-state index contributed by atoms with van der Waals surface area (Å²) in [4.78, 5) is 41.1. The molecule has 6 nitrogen and oxygen atoms in total. The average molecular weight is 370 g/mol. The molecule has 2 amide bonds. The minimum Gasteiger partial charge on any atom is -0.481 e. The quantitative estimate of drug-likeness (QED) is 0.886. The molecule has 0 radical (unpaired) electrons. The summed E-state index contributed by atoms with van der Waals surface area (Å²) in [6, 6.07) is 9.11. The van der Waals surface area contributed by atoms with Crippen LogP contribution in [0.1, 0.15) is 49.4 Å². The molecule has 4 rings (SSSR count). The van der Waals surface area contributed by atoms with E-state index in [1.807, 2.05) is 30.0 Å². The second-order valence-corrected chi connectivity index (χ2v) is 8.45. The van der Waals surface area contributed by atoms with Crippen LogP contribution >= 0.6 is 0 Å². The normalized spacial score (nSPS) is 29.0. The minimum absolute atomic E-state index is 0.00616. The summed E-state index contributed by atoms with van der Waals surface area (Å²) < 4.78 is 0. The summed E-state index contributed by atoms with van der Waals surface area (Å²) in [5.74, 6) is -1.04. The van der Waals surface area contributed by atoms with E-state index < -0.39 is 11.5 Å². The highest BCUT2D eigenvalue weighted by atomic mass is 16.4. The molecule has 2 aliphatic heterocycles. The number of benzene rings is 1. The van der Waals surface area contributed by atoms with E-state index in [1.54, 1.807) is 17.0 Å². The lowest BCUT2D eigenvalue weighted by atomic mass is 9.88. The Morgan fingerprint density at radius 3 is 2.30 bits per heavy atom. The number of hydrogen-bond donors (Lipinski definition) is 1. The van der Waals surface area contributed by atoms with Crippen LogP contribution in [0, 0.1) is 11.3 Å². The molecule has 0 bridgehead atoms. The fourth-order valence-corrected chi connectivity index (χ4v) is 4.99. The van der Waals surface area contributed by atoms with Crippen LogP contribution in [0.15, 0.2) is 30.3 Å². The molecule has 2 unspecified atom stereocenters. The maximum atomic E-state index is 13.3. The smallest absolute Gasteiger partial charge is 0.307 e. The van der Waals surface area contributed by atoms with Gasteiger partial charge in [0.05, 0.1) is 5.92 Å². The molecule has 1 aromatic rings. The molecular weight excluding hydrogens is 344 g/mol. The van der Waals surface area contributed by atoms with Crippen molar-refractivity contribution in [2.45, 2.75) is 44.6 Å². The number of nitrogens with zero attached hydrogens (tertiary/aromatic N) is 2. The van der Waals surface area contributed by atoms with Crippen molar-refractivity contribution in [2.75, 3.05) is 19.6 Å². The van der Waals surface area contributed by atoms with Crippen molar-refractivity contribution in [1.29, 1.82) is 0 Å². The first-order valence-electron chi connectivity index (χ1n) is 9.77. The molecule has 27 heavy (non-hydrogen) atoms. The lowest BCUT2D eigenvalue weighted by Crippen LogP contribution is -2.58. The first-order valence-corrected chi connectivity index (χ1v) is 9.77. The van der Waals surface area contributed by atoms with Crippen LogP contribution in [-0.2, 0) is 9.59 Å². The van der Waals surface area contributed by atoms with E-state index in [-0.39, 0.29) is 23.1 Å². The van der Waals surface area contributed by atoms with Crippen molar-refractivity contribution in [3.05, 3.63) is 35.9 Å². The lowest BCUT2D eigenvalue weighted by molar-refractivity contribution is -0.143. The molecule has 1 N–H and O–H groups in total. The third kappa shape index (κ3) is 2.91. The minimum atomic E-state index is -0.812. The zero-order valence-electron chi connectivity index (χ0n) is 15.7. The molecular formula is C21H26N2O4. The monoisotopic (exact) mass is 370 g/mol. The molecule has 144 valence electrons. The summed E-state index contributed by atoms with van der Waals surface area (Å²) in [7, 11) is 0. The van der Waals surface area contributed by atoms with Crippen LogP contribution in [0.2, 0.25) is 0 Å². The average Bonchev–Trinajstić information content (AvgIpc) is 3.24. The van der Waals surface area contributed by atoms with Crippen LogP contribution in [-0.4, -0.2) is 57.9 Å². The number of amides is 2. The maximum Gasteiger partial charge on any atom is 0.307 e. The van der Waals surface area contributed by atoms with Gasteiger partial charge in [0.2, 0.25) is 5.91 Å². The number of hydrogen-bond acceptors (Lipinski definition) is 3. The maximum absolute atomic E-state index is 13.3. The number of carbonyl (C=O) groups is 3. The Hall–Kier alpha value is -2.37. The molecule has 2 heterocycles. The van der Waals surface area contributed by atoms with Crippen molar-refractivity contribution in [2.24, 2.45) is 11.3 Å². The molecule has 2 saturated heterocycles. The van der Waals surface area contributed by atoms with Gasteiger partial charge in [-0.2, -0.15) is 0 Å². The van der Waals surface area contributed by atoms with Gasteiger partial charge in [0.25, 0.3) is 5.91 Å². The van der Waals surface area contributed by atoms with Crippen LogP contribution in [0.4, 0.5) is 0 Å². The van der Waals surface area contributed by atoms with E-state index in [1.165, 1.54) is 0 Å². The number of aliphatic carboxylic acids is 1. The van der Waals surface area contributed by atoms with E-state index in [2.05, 4.69) is 0 Å². The number of likely N-dealkylation sites (tertiary alicyclic amines) is 2. The Kier molecular flexibility index (Phi) is 4.24. The van der Waals surface area contributed by atoms with Crippen molar-refractivity contribution < 1.29 is 19.5 Å². The Morgan fingerprint density at radius 2 is 1.70 bits per heavy atom. The van der Waals surface area contributed by atoms with Crippen molar-refractivity contribution in [3.63, 3.8) is 0 Å². The standard InChI is InChI=1S/C21H26N2O4/c1-20(8-5-11-23(20)17(24)15-6-3-2-4-7-15)19(27)22-12-9-21(10-13-22)14-16(21)18(25)26/h2-4,6-7,16H,5,8-14H2,1H3,(H,25,26). The molecule has 3 aliphatic rings. The molecule has 2 atom stereocenters. The fraction of sp³-hybridized carbons (Fsp3) is 0.571. The molecule has 1 spiro atoms. The Balaban J connectivity index is 1.46. The topological polar surface area (TPSA) is 77.9 Å². The zero-order chi connectivity index (χ0) is 19.2. The number of carbonyl (C=O) groups excluding carboxylic acids is 2. The Labute approximate surface area is 159 Å². The Morgan fingerprint density at radius 1 is 1.04 bits per heavy atom. The van der Waals surface area contributed by atoms with Gasteiger partial charge in [-0.15, -0.1) is 0 Å². The number of rotatable bonds is 3. The van der Waals surface area contributed by atoms with Gasteiger partial charge >= 0.3 is 5.97 Å². The van der Waals surface area contributed by atoms with Gasteiger partial charge in [0.15, 0.2) is 0 Å². The molecule has 6 heteroatoms. The van der Waals surface area contributed by atoms with E-state index in [0.29, 0.717) is 31.6 Å². The Bertz CT molecular complexity index is 770. The summed E-state index contributed by atoms with van der Waals surface area (Å²) in [6.45, 7) is 3.65. The summed E-state index contributed by atoms with van der Waals surface area (Å²) in [5.41, 5.74) is -0.301. The van der Waals surface area contributed by atoms with Gasteiger partial charge < -0.3 is 14.9 Å². The van der Waals surface area contributed by atoms with E-state index in [9.17, 15) is 19.5 Å². The van der Waals surface area contributed by atoms with Gasteiger partial charge in [-0.25, -0.2) is 0 Å². The van der Waals surface area contributed by atoms with Crippen LogP contribution in [0.3, 0.4) is 0 Å². The third-order valence-electron chi connectivity index (χ3n) is 6.90. The fourth-order valence-electron chi connectivity index (χ4n) is 4.99. The van der Waals surface area contributed by atoms with Crippen LogP contribution in [0.5, 0.6) is 0 Å². The second-order valence-electron chi connectivity index (χ2n) is 8.45. The molecule has 1 aliphatic carbocycles. The van der Waals surface area contributed by atoms with Crippen LogP contribution < -0.4 is 0 Å². The van der Waals surface area contributed by atoms with Gasteiger partial charge in [0, 0.05) is 25.2 Å². The van der Waals surface area contributed by atoms with Gasteiger partial charge in [-0.1, -0.05) is 18.2 Å².